The molecule has 2 aromatic rings. The summed E-state index contributed by atoms with van der Waals surface area (Å²) in [5, 5.41) is 11.1. The van der Waals surface area contributed by atoms with Gasteiger partial charge in [0, 0.05) is 0 Å². The lowest BCUT2D eigenvalue weighted by atomic mass is 9.75. The molecule has 1 aliphatic carbocycles. The van der Waals surface area contributed by atoms with E-state index in [4.69, 9.17) is 4.74 Å². The van der Waals surface area contributed by atoms with Crippen molar-refractivity contribution in [1.29, 1.82) is 0 Å². The SMILES string of the molecule is COc1ccc2c(c1)CCCC2(O)c1ccccc1. The number of fused-ring (bicyclic) bond motifs is 1. The Bertz CT molecular complexity index is 577. The van der Waals surface area contributed by atoms with Crippen LogP contribution in [0.3, 0.4) is 0 Å². The Labute approximate surface area is 113 Å². The summed E-state index contributed by atoms with van der Waals surface area (Å²) in [6.45, 7) is 0. The van der Waals surface area contributed by atoms with Crippen molar-refractivity contribution in [3.8, 4) is 5.75 Å². The van der Waals surface area contributed by atoms with Crippen molar-refractivity contribution in [2.24, 2.45) is 0 Å². The summed E-state index contributed by atoms with van der Waals surface area (Å²) in [6, 6.07) is 15.9. The zero-order valence-electron chi connectivity index (χ0n) is 11.1. The van der Waals surface area contributed by atoms with Crippen LogP contribution in [0.25, 0.3) is 0 Å². The largest absolute Gasteiger partial charge is 0.497 e. The molecule has 0 amide bonds. The highest BCUT2D eigenvalue weighted by molar-refractivity contribution is 5.46. The van der Waals surface area contributed by atoms with Crippen molar-refractivity contribution >= 4 is 0 Å². The third kappa shape index (κ3) is 2.02. The van der Waals surface area contributed by atoms with Gasteiger partial charge in [-0.1, -0.05) is 36.4 Å². The Morgan fingerprint density at radius 2 is 1.89 bits per heavy atom. The standard InChI is InChI=1S/C17H18O2/c1-19-15-9-10-16-13(12-15)6-5-11-17(16,18)14-7-3-2-4-8-14/h2-4,7-10,12,18H,5-6,11H2,1H3. The number of aryl methyl sites for hydroxylation is 1. The smallest absolute Gasteiger partial charge is 0.119 e. The van der Waals surface area contributed by atoms with E-state index in [0.717, 1.165) is 36.1 Å². The average molecular weight is 254 g/mol. The van der Waals surface area contributed by atoms with Crippen LogP contribution in [0.4, 0.5) is 0 Å². The van der Waals surface area contributed by atoms with E-state index >= 15 is 0 Å². The van der Waals surface area contributed by atoms with E-state index in [9.17, 15) is 5.11 Å². The molecule has 2 heteroatoms. The van der Waals surface area contributed by atoms with Crippen LogP contribution < -0.4 is 4.74 Å². The predicted molar refractivity (Wildman–Crippen MR) is 75.4 cm³/mol. The normalized spacial score (nSPS) is 21.8. The number of aliphatic hydroxyl groups is 1. The lowest BCUT2D eigenvalue weighted by molar-refractivity contribution is 0.0615. The van der Waals surface area contributed by atoms with Crippen LogP contribution in [0.5, 0.6) is 5.75 Å². The fourth-order valence-electron chi connectivity index (χ4n) is 2.99. The molecule has 3 rings (SSSR count). The Hall–Kier alpha value is -1.80. The summed E-state index contributed by atoms with van der Waals surface area (Å²) in [5.41, 5.74) is 2.32. The van der Waals surface area contributed by atoms with Crippen molar-refractivity contribution in [3.63, 3.8) is 0 Å². The van der Waals surface area contributed by atoms with Crippen LogP contribution in [0.15, 0.2) is 48.5 Å². The van der Waals surface area contributed by atoms with Gasteiger partial charge in [-0.05, 0) is 48.1 Å². The van der Waals surface area contributed by atoms with Crippen LogP contribution in [-0.2, 0) is 12.0 Å². The van der Waals surface area contributed by atoms with Gasteiger partial charge in [0.2, 0.25) is 0 Å². The van der Waals surface area contributed by atoms with Crippen LogP contribution >= 0.6 is 0 Å². The highest BCUT2D eigenvalue weighted by Crippen LogP contribution is 2.41. The number of rotatable bonds is 2. The molecular formula is C17H18O2. The van der Waals surface area contributed by atoms with Crippen molar-refractivity contribution in [2.75, 3.05) is 7.11 Å². The van der Waals surface area contributed by atoms with Crippen LogP contribution in [0.1, 0.15) is 29.5 Å². The molecule has 2 nitrogen and oxygen atoms in total. The van der Waals surface area contributed by atoms with E-state index in [2.05, 4.69) is 0 Å². The molecule has 0 radical (unpaired) electrons. The quantitative estimate of drug-likeness (QED) is 0.891. The molecule has 98 valence electrons. The Kier molecular flexibility index (Phi) is 3.03. The van der Waals surface area contributed by atoms with Gasteiger partial charge in [-0.3, -0.25) is 0 Å². The highest BCUT2D eigenvalue weighted by atomic mass is 16.5. The second kappa shape index (κ2) is 4.71. The molecule has 0 saturated carbocycles. The minimum Gasteiger partial charge on any atom is -0.497 e. The van der Waals surface area contributed by atoms with Gasteiger partial charge < -0.3 is 9.84 Å². The summed E-state index contributed by atoms with van der Waals surface area (Å²) < 4.78 is 5.27. The maximum Gasteiger partial charge on any atom is 0.119 e. The second-order valence-electron chi connectivity index (χ2n) is 5.10. The fourth-order valence-corrected chi connectivity index (χ4v) is 2.99. The third-order valence-corrected chi connectivity index (χ3v) is 3.99. The maximum atomic E-state index is 11.1. The van der Waals surface area contributed by atoms with Gasteiger partial charge in [0.15, 0.2) is 0 Å². The molecule has 0 spiro atoms. The third-order valence-electron chi connectivity index (χ3n) is 3.99. The first-order chi connectivity index (χ1) is 9.24. The van der Waals surface area contributed by atoms with Crippen molar-refractivity contribution in [1.82, 2.24) is 0 Å². The summed E-state index contributed by atoms with van der Waals surface area (Å²) in [5.74, 6) is 0.857. The summed E-state index contributed by atoms with van der Waals surface area (Å²) in [7, 11) is 1.67. The number of benzene rings is 2. The molecule has 1 unspecified atom stereocenters. The average Bonchev–Trinajstić information content (AvgIpc) is 2.48. The van der Waals surface area contributed by atoms with Gasteiger partial charge in [-0.15, -0.1) is 0 Å². The number of ether oxygens (including phenoxy) is 1. The monoisotopic (exact) mass is 254 g/mol. The van der Waals surface area contributed by atoms with Crippen molar-refractivity contribution < 1.29 is 9.84 Å². The van der Waals surface area contributed by atoms with Crippen molar-refractivity contribution in [2.45, 2.75) is 24.9 Å². The minimum absolute atomic E-state index is 0.774. The number of hydrogen-bond acceptors (Lipinski definition) is 2. The second-order valence-corrected chi connectivity index (χ2v) is 5.10. The topological polar surface area (TPSA) is 29.5 Å². The molecule has 0 aliphatic heterocycles. The van der Waals surface area contributed by atoms with E-state index in [-0.39, 0.29) is 0 Å². The Balaban J connectivity index is 2.12. The van der Waals surface area contributed by atoms with E-state index < -0.39 is 5.60 Å². The van der Waals surface area contributed by atoms with Crippen LogP contribution in [0.2, 0.25) is 0 Å². The lowest BCUT2D eigenvalue weighted by Crippen LogP contribution is -2.31. The molecule has 1 atom stereocenters. The highest BCUT2D eigenvalue weighted by Gasteiger charge is 2.35. The van der Waals surface area contributed by atoms with Gasteiger partial charge in [-0.2, -0.15) is 0 Å². The Morgan fingerprint density at radius 3 is 2.63 bits per heavy atom. The molecule has 0 heterocycles. The first-order valence-corrected chi connectivity index (χ1v) is 6.69. The zero-order chi connectivity index (χ0) is 13.3. The molecule has 2 aromatic carbocycles. The van der Waals surface area contributed by atoms with Gasteiger partial charge >= 0.3 is 0 Å². The molecule has 0 bridgehead atoms. The minimum atomic E-state index is -0.860. The summed E-state index contributed by atoms with van der Waals surface area (Å²) in [6.07, 6.45) is 2.77. The first kappa shape index (κ1) is 12.2. The maximum absolute atomic E-state index is 11.1. The summed E-state index contributed by atoms with van der Waals surface area (Å²) in [4.78, 5) is 0. The van der Waals surface area contributed by atoms with Crippen LogP contribution in [0, 0.1) is 0 Å². The van der Waals surface area contributed by atoms with E-state index in [1.165, 1.54) is 5.56 Å². The summed E-state index contributed by atoms with van der Waals surface area (Å²) >= 11 is 0. The predicted octanol–water partition coefficient (Wildman–Crippen LogP) is 3.27. The van der Waals surface area contributed by atoms with Gasteiger partial charge in [0.1, 0.15) is 11.4 Å². The molecular weight excluding hydrogens is 236 g/mol. The van der Waals surface area contributed by atoms with E-state index in [1.54, 1.807) is 7.11 Å². The van der Waals surface area contributed by atoms with E-state index in [1.807, 2.05) is 48.5 Å². The van der Waals surface area contributed by atoms with Crippen molar-refractivity contribution in [3.05, 3.63) is 65.2 Å². The van der Waals surface area contributed by atoms with Crippen LogP contribution in [-0.4, -0.2) is 12.2 Å². The lowest BCUT2D eigenvalue weighted by Gasteiger charge is -2.35. The molecule has 0 fully saturated rings. The van der Waals surface area contributed by atoms with Gasteiger partial charge in [0.05, 0.1) is 7.11 Å². The molecule has 1 N–H and O–H groups in total. The zero-order valence-corrected chi connectivity index (χ0v) is 11.1. The molecule has 19 heavy (non-hydrogen) atoms. The molecule has 1 aliphatic rings. The first-order valence-electron chi connectivity index (χ1n) is 6.69. The van der Waals surface area contributed by atoms with Gasteiger partial charge in [0.25, 0.3) is 0 Å². The Morgan fingerprint density at radius 1 is 1.11 bits per heavy atom. The molecule has 0 aromatic heterocycles. The fraction of sp³-hybridized carbons (Fsp3) is 0.294. The van der Waals surface area contributed by atoms with E-state index in [0.29, 0.717) is 0 Å². The molecule has 0 saturated heterocycles. The number of hydrogen-bond donors (Lipinski definition) is 1. The number of methoxy groups -OCH3 is 1. The van der Waals surface area contributed by atoms with Gasteiger partial charge in [-0.25, -0.2) is 0 Å².